The summed E-state index contributed by atoms with van der Waals surface area (Å²) in [5, 5.41) is 3.22. The summed E-state index contributed by atoms with van der Waals surface area (Å²) >= 11 is 1.36. The van der Waals surface area contributed by atoms with E-state index >= 15 is 0 Å². The van der Waals surface area contributed by atoms with Crippen LogP contribution in [0.25, 0.3) is 0 Å². The number of anilines is 2. The molecule has 0 spiro atoms. The Morgan fingerprint density at radius 3 is 2.40 bits per heavy atom. The number of benzene rings is 2. The number of ether oxygens (including phenoxy) is 1. The van der Waals surface area contributed by atoms with E-state index in [0.717, 1.165) is 45.1 Å². The molecule has 3 aromatic rings. The van der Waals surface area contributed by atoms with Crippen LogP contribution in [-0.4, -0.2) is 33.4 Å². The van der Waals surface area contributed by atoms with Gasteiger partial charge in [0.1, 0.15) is 11.5 Å². The number of nitrogens with zero attached hydrogens (tertiary/aromatic N) is 1. The monoisotopic (exact) mass is 512 g/mol. The molecule has 0 unspecified atom stereocenters. The highest BCUT2D eigenvalue weighted by Crippen LogP contribution is 2.39. The van der Waals surface area contributed by atoms with E-state index in [0.29, 0.717) is 16.3 Å². The van der Waals surface area contributed by atoms with Gasteiger partial charge in [-0.15, -0.1) is 11.3 Å². The van der Waals surface area contributed by atoms with Gasteiger partial charge in [0.05, 0.1) is 22.8 Å². The largest absolute Gasteiger partial charge is 0.462 e. The molecule has 0 radical (unpaired) electrons. The maximum absolute atomic E-state index is 13.6. The number of carbonyl (C=O) groups is 2. The van der Waals surface area contributed by atoms with Crippen LogP contribution in [0.1, 0.15) is 45.3 Å². The number of nitrogens with one attached hydrogen (secondary N) is 1. The van der Waals surface area contributed by atoms with Crippen molar-refractivity contribution in [2.75, 3.05) is 22.8 Å². The number of thiophene rings is 1. The second-order valence-electron chi connectivity index (χ2n) is 8.50. The summed E-state index contributed by atoms with van der Waals surface area (Å²) < 4.78 is 33.5. The zero-order chi connectivity index (χ0) is 25.2. The minimum atomic E-state index is -4.02. The van der Waals surface area contributed by atoms with E-state index < -0.39 is 28.4 Å². The number of amides is 1. The number of hydrogen-bond acceptors (Lipinski definition) is 6. The van der Waals surface area contributed by atoms with Gasteiger partial charge in [-0.1, -0.05) is 24.3 Å². The first-order chi connectivity index (χ1) is 16.7. The van der Waals surface area contributed by atoms with Crippen molar-refractivity contribution in [1.82, 2.24) is 0 Å². The van der Waals surface area contributed by atoms with Crippen molar-refractivity contribution in [1.29, 1.82) is 0 Å². The molecule has 0 fully saturated rings. The van der Waals surface area contributed by atoms with Crippen LogP contribution >= 0.6 is 11.3 Å². The number of aryl methyl sites for hydroxylation is 3. The molecule has 1 amide bonds. The highest BCUT2D eigenvalue weighted by atomic mass is 32.2. The fourth-order valence-electron chi connectivity index (χ4n) is 4.34. The smallest absolute Gasteiger partial charge is 0.341 e. The number of hydrogen-bond donors (Lipinski definition) is 1. The predicted octanol–water partition coefficient (Wildman–Crippen LogP) is 4.86. The van der Waals surface area contributed by atoms with Crippen molar-refractivity contribution < 1.29 is 22.7 Å². The van der Waals surface area contributed by atoms with Crippen molar-refractivity contribution in [3.8, 4) is 0 Å². The Bertz CT molecular complexity index is 1340. The average molecular weight is 513 g/mol. The summed E-state index contributed by atoms with van der Waals surface area (Å²) in [6, 6.07) is 13.5. The number of esters is 1. The van der Waals surface area contributed by atoms with E-state index in [1.807, 2.05) is 19.9 Å². The van der Waals surface area contributed by atoms with E-state index in [4.69, 9.17) is 4.74 Å². The highest BCUT2D eigenvalue weighted by Gasteiger charge is 2.31. The third-order valence-electron chi connectivity index (χ3n) is 5.77. The quantitative estimate of drug-likeness (QED) is 0.435. The van der Waals surface area contributed by atoms with Crippen LogP contribution in [0.3, 0.4) is 0 Å². The first-order valence-electron chi connectivity index (χ1n) is 11.5. The Balaban J connectivity index is 1.68. The summed E-state index contributed by atoms with van der Waals surface area (Å²) in [7, 11) is -4.02. The summed E-state index contributed by atoms with van der Waals surface area (Å²) in [5.41, 5.74) is 3.48. The third-order valence-corrected chi connectivity index (χ3v) is 8.76. The molecular weight excluding hydrogens is 484 g/mol. The predicted molar refractivity (Wildman–Crippen MR) is 138 cm³/mol. The number of carbonyl (C=O) groups excluding carboxylic acids is 2. The van der Waals surface area contributed by atoms with Gasteiger partial charge in [-0.3, -0.25) is 9.10 Å². The Labute approximate surface area is 209 Å². The molecule has 184 valence electrons. The molecule has 0 bridgehead atoms. The summed E-state index contributed by atoms with van der Waals surface area (Å²) in [6.45, 7) is 5.28. The SMILES string of the molecule is CCOC(=O)c1c(NC(=O)CN(c2cc(C)cc(C)c2)S(=O)(=O)c2ccccc2)sc2c1CCC2. The molecule has 1 N–H and O–H groups in total. The molecule has 2 aromatic carbocycles. The lowest BCUT2D eigenvalue weighted by Crippen LogP contribution is -2.38. The Morgan fingerprint density at radius 1 is 1.06 bits per heavy atom. The molecule has 7 nitrogen and oxygen atoms in total. The van der Waals surface area contributed by atoms with Crippen LogP contribution in [0, 0.1) is 13.8 Å². The van der Waals surface area contributed by atoms with Crippen LogP contribution in [0.5, 0.6) is 0 Å². The van der Waals surface area contributed by atoms with E-state index in [1.54, 1.807) is 37.3 Å². The summed E-state index contributed by atoms with van der Waals surface area (Å²) in [4.78, 5) is 27.1. The lowest BCUT2D eigenvalue weighted by atomic mass is 10.1. The van der Waals surface area contributed by atoms with Crippen molar-refractivity contribution >= 4 is 43.9 Å². The standard InChI is InChI=1S/C26H28N2O5S2/c1-4-33-26(30)24-21-11-8-12-22(21)34-25(24)27-23(29)16-28(19-14-17(2)13-18(3)15-19)35(31,32)20-9-6-5-7-10-20/h5-7,9-10,13-15H,4,8,11-12,16H2,1-3H3,(H,27,29). The molecule has 1 aromatic heterocycles. The topological polar surface area (TPSA) is 92.8 Å². The average Bonchev–Trinajstić information content (AvgIpc) is 3.38. The summed E-state index contributed by atoms with van der Waals surface area (Å²) in [5.74, 6) is -1.00. The molecule has 4 rings (SSSR count). The van der Waals surface area contributed by atoms with Crippen LogP contribution in [0.4, 0.5) is 10.7 Å². The van der Waals surface area contributed by atoms with Gasteiger partial charge in [0.2, 0.25) is 5.91 Å². The molecular formula is C26H28N2O5S2. The molecule has 1 heterocycles. The number of fused-ring (bicyclic) bond motifs is 1. The van der Waals surface area contributed by atoms with Crippen LogP contribution < -0.4 is 9.62 Å². The Hall–Kier alpha value is -3.17. The second kappa shape index (κ2) is 10.2. The highest BCUT2D eigenvalue weighted by molar-refractivity contribution is 7.92. The van der Waals surface area contributed by atoms with Gasteiger partial charge in [-0.2, -0.15) is 0 Å². The van der Waals surface area contributed by atoms with Gasteiger partial charge in [-0.25, -0.2) is 13.2 Å². The first-order valence-corrected chi connectivity index (χ1v) is 13.7. The van der Waals surface area contributed by atoms with E-state index in [2.05, 4.69) is 5.32 Å². The molecule has 0 aliphatic heterocycles. The number of sulfonamides is 1. The Morgan fingerprint density at radius 2 is 1.74 bits per heavy atom. The summed E-state index contributed by atoms with van der Waals surface area (Å²) in [6.07, 6.45) is 2.56. The van der Waals surface area contributed by atoms with Crippen molar-refractivity contribution in [3.63, 3.8) is 0 Å². The maximum Gasteiger partial charge on any atom is 0.341 e. The van der Waals surface area contributed by atoms with Crippen molar-refractivity contribution in [2.45, 2.75) is 44.9 Å². The van der Waals surface area contributed by atoms with Gasteiger partial charge in [-0.05, 0) is 81.0 Å². The fraction of sp³-hybridized carbons (Fsp3) is 0.308. The lowest BCUT2D eigenvalue weighted by molar-refractivity contribution is -0.114. The van der Waals surface area contributed by atoms with E-state index in [-0.39, 0.29) is 11.5 Å². The van der Waals surface area contributed by atoms with Crippen LogP contribution in [0.15, 0.2) is 53.4 Å². The van der Waals surface area contributed by atoms with Crippen molar-refractivity contribution in [2.24, 2.45) is 0 Å². The zero-order valence-corrected chi connectivity index (χ0v) is 21.6. The first kappa shape index (κ1) is 24.9. The van der Waals surface area contributed by atoms with Crippen molar-refractivity contribution in [3.05, 3.63) is 75.7 Å². The molecule has 1 aliphatic rings. The minimum absolute atomic E-state index is 0.0919. The third kappa shape index (κ3) is 5.26. The normalized spacial score (nSPS) is 12.8. The van der Waals surface area contributed by atoms with E-state index in [1.165, 1.54) is 23.5 Å². The Kier molecular flexibility index (Phi) is 7.28. The van der Waals surface area contributed by atoms with Crippen LogP contribution in [0.2, 0.25) is 0 Å². The van der Waals surface area contributed by atoms with Gasteiger partial charge in [0, 0.05) is 4.88 Å². The second-order valence-corrected chi connectivity index (χ2v) is 11.5. The maximum atomic E-state index is 13.6. The van der Waals surface area contributed by atoms with Gasteiger partial charge in [0.25, 0.3) is 10.0 Å². The molecule has 0 atom stereocenters. The molecule has 0 saturated carbocycles. The van der Waals surface area contributed by atoms with Gasteiger partial charge in [0.15, 0.2) is 0 Å². The zero-order valence-electron chi connectivity index (χ0n) is 20.0. The van der Waals surface area contributed by atoms with Gasteiger partial charge >= 0.3 is 5.97 Å². The van der Waals surface area contributed by atoms with E-state index in [9.17, 15) is 18.0 Å². The molecule has 1 aliphatic carbocycles. The fourth-order valence-corrected chi connectivity index (χ4v) is 7.06. The van der Waals surface area contributed by atoms with Gasteiger partial charge < -0.3 is 10.1 Å². The minimum Gasteiger partial charge on any atom is -0.462 e. The molecule has 9 heteroatoms. The molecule has 0 saturated heterocycles. The molecule has 35 heavy (non-hydrogen) atoms. The lowest BCUT2D eigenvalue weighted by Gasteiger charge is -2.25. The van der Waals surface area contributed by atoms with Crippen LogP contribution in [-0.2, 0) is 32.4 Å². The number of rotatable bonds is 8.